The van der Waals surface area contributed by atoms with Gasteiger partial charge >= 0.3 is 0 Å². The van der Waals surface area contributed by atoms with Gasteiger partial charge in [-0.15, -0.1) is 0 Å². The molecule has 172 valence electrons. The third-order valence-corrected chi connectivity index (χ3v) is 5.71. The van der Waals surface area contributed by atoms with Crippen molar-refractivity contribution in [2.75, 3.05) is 26.2 Å². The number of carbonyl (C=O) groups excluding carboxylic acids is 2. The molecule has 4 rings (SSSR count). The number of likely N-dealkylation sites (tertiary alicyclic amines) is 1. The number of nitro groups is 1. The zero-order chi connectivity index (χ0) is 23.2. The molecule has 2 aromatic rings. The summed E-state index contributed by atoms with van der Waals surface area (Å²) in [6.45, 7) is 2.27. The van der Waals surface area contributed by atoms with E-state index in [9.17, 15) is 19.7 Å². The fraction of sp³-hybridized carbons (Fsp3) is 0.333. The highest BCUT2D eigenvalue weighted by Crippen LogP contribution is 2.37. The lowest BCUT2D eigenvalue weighted by atomic mass is 9.95. The van der Waals surface area contributed by atoms with Crippen LogP contribution in [-0.2, 0) is 20.9 Å². The molecular formula is C24H25N3O6. The summed E-state index contributed by atoms with van der Waals surface area (Å²) in [5.74, 6) is 0.465. The topological polar surface area (TPSA) is 111 Å². The van der Waals surface area contributed by atoms with E-state index in [1.807, 2.05) is 11.0 Å². The van der Waals surface area contributed by atoms with Crippen LogP contribution < -0.4 is 10.2 Å². The monoisotopic (exact) mass is 451 g/mol. The molecule has 9 nitrogen and oxygen atoms in total. The van der Waals surface area contributed by atoms with Crippen molar-refractivity contribution in [2.45, 2.75) is 25.7 Å². The number of fused-ring (bicyclic) bond motifs is 1. The molecule has 0 bridgehead atoms. The molecular weight excluding hydrogens is 426 g/mol. The maximum atomic E-state index is 12.3. The summed E-state index contributed by atoms with van der Waals surface area (Å²) >= 11 is 0. The van der Waals surface area contributed by atoms with Gasteiger partial charge in [0.25, 0.3) is 5.69 Å². The van der Waals surface area contributed by atoms with E-state index >= 15 is 0 Å². The van der Waals surface area contributed by atoms with E-state index in [0.717, 1.165) is 18.5 Å². The summed E-state index contributed by atoms with van der Waals surface area (Å²) in [4.78, 5) is 47.2. The summed E-state index contributed by atoms with van der Waals surface area (Å²) in [6, 6.07) is 10.1. The number of rotatable bonds is 8. The Hall–Kier alpha value is -3.72. The lowest BCUT2D eigenvalue weighted by Gasteiger charge is -2.17. The van der Waals surface area contributed by atoms with Crippen molar-refractivity contribution in [2.24, 2.45) is 0 Å². The highest BCUT2D eigenvalue weighted by molar-refractivity contribution is 5.94. The van der Waals surface area contributed by atoms with Crippen molar-refractivity contribution in [3.63, 3.8) is 0 Å². The van der Waals surface area contributed by atoms with Crippen LogP contribution in [0.2, 0.25) is 0 Å². The molecule has 2 amide bonds. The zero-order valence-electron chi connectivity index (χ0n) is 18.1. The maximum absolute atomic E-state index is 12.3. The van der Waals surface area contributed by atoms with Crippen molar-refractivity contribution in [1.82, 2.24) is 10.2 Å². The molecule has 0 saturated carbocycles. The van der Waals surface area contributed by atoms with Crippen LogP contribution in [0.3, 0.4) is 0 Å². The van der Waals surface area contributed by atoms with E-state index in [1.54, 1.807) is 30.3 Å². The number of carbonyl (C=O) groups is 2. The SMILES string of the molecule is O=C(/C=C/c1cccc([N+](=O)[O-])c1-c1ccc2c(c1)CCOO2)NCCCN1CCCC1=O. The van der Waals surface area contributed by atoms with Gasteiger partial charge in [-0.25, -0.2) is 0 Å². The van der Waals surface area contributed by atoms with E-state index in [0.29, 0.717) is 61.4 Å². The van der Waals surface area contributed by atoms with Gasteiger partial charge in [0.15, 0.2) is 5.75 Å². The van der Waals surface area contributed by atoms with Gasteiger partial charge in [0, 0.05) is 50.2 Å². The Morgan fingerprint density at radius 3 is 2.91 bits per heavy atom. The largest absolute Gasteiger partial charge is 0.352 e. The summed E-state index contributed by atoms with van der Waals surface area (Å²) in [5.41, 5.74) is 2.53. The number of nitro benzene ring substituents is 1. The van der Waals surface area contributed by atoms with Crippen LogP contribution in [0.4, 0.5) is 5.69 Å². The first-order valence-electron chi connectivity index (χ1n) is 11.0. The van der Waals surface area contributed by atoms with Crippen molar-refractivity contribution in [3.05, 3.63) is 63.7 Å². The Kier molecular flexibility index (Phi) is 6.99. The van der Waals surface area contributed by atoms with E-state index in [-0.39, 0.29) is 17.5 Å². The van der Waals surface area contributed by atoms with E-state index in [2.05, 4.69) is 5.32 Å². The van der Waals surface area contributed by atoms with Crippen LogP contribution in [0.5, 0.6) is 5.75 Å². The predicted octanol–water partition coefficient (Wildman–Crippen LogP) is 3.27. The molecule has 0 aromatic heterocycles. The minimum atomic E-state index is -0.425. The molecule has 2 heterocycles. The normalized spacial score (nSPS) is 15.4. The van der Waals surface area contributed by atoms with E-state index in [1.165, 1.54) is 12.1 Å². The van der Waals surface area contributed by atoms with Crippen molar-refractivity contribution in [3.8, 4) is 16.9 Å². The molecule has 0 radical (unpaired) electrons. The van der Waals surface area contributed by atoms with Crippen LogP contribution in [0.1, 0.15) is 30.4 Å². The number of nitrogens with zero attached hydrogens (tertiary/aromatic N) is 2. The molecule has 2 aliphatic heterocycles. The predicted molar refractivity (Wildman–Crippen MR) is 121 cm³/mol. The van der Waals surface area contributed by atoms with Crippen LogP contribution in [0.25, 0.3) is 17.2 Å². The second-order valence-corrected chi connectivity index (χ2v) is 7.94. The van der Waals surface area contributed by atoms with Gasteiger partial charge in [-0.3, -0.25) is 19.7 Å². The molecule has 2 aromatic carbocycles. The average molecular weight is 451 g/mol. The molecule has 0 atom stereocenters. The Morgan fingerprint density at radius 2 is 2.12 bits per heavy atom. The van der Waals surface area contributed by atoms with Crippen molar-refractivity contribution >= 4 is 23.6 Å². The third-order valence-electron chi connectivity index (χ3n) is 5.71. The quantitative estimate of drug-likeness (QED) is 0.217. The molecule has 0 aliphatic carbocycles. The van der Waals surface area contributed by atoms with Gasteiger partial charge in [0.05, 0.1) is 17.1 Å². The Labute approximate surface area is 191 Å². The Balaban J connectivity index is 1.47. The highest BCUT2D eigenvalue weighted by Gasteiger charge is 2.21. The van der Waals surface area contributed by atoms with Crippen molar-refractivity contribution < 1.29 is 24.3 Å². The van der Waals surface area contributed by atoms with Gasteiger partial charge in [-0.05, 0) is 42.2 Å². The molecule has 0 unspecified atom stereocenters. The first-order chi connectivity index (χ1) is 16.0. The van der Waals surface area contributed by atoms with E-state index < -0.39 is 4.92 Å². The molecule has 1 saturated heterocycles. The smallest absolute Gasteiger partial charge is 0.277 e. The molecule has 2 aliphatic rings. The number of nitrogens with one attached hydrogen (secondary N) is 1. The summed E-state index contributed by atoms with van der Waals surface area (Å²) < 4.78 is 0. The standard InChI is InChI=1S/C24H25N3O6/c28-22(25-12-3-14-26-13-2-6-23(26)29)10-8-17-4-1-5-20(27(30)31)24(17)19-7-9-21-18(16-19)11-15-32-33-21/h1,4-5,7-10,16H,2-3,6,11-15H2,(H,25,28)/b10-8+. The highest BCUT2D eigenvalue weighted by atomic mass is 17.2. The lowest BCUT2D eigenvalue weighted by molar-refractivity contribution is -0.384. The Morgan fingerprint density at radius 1 is 1.24 bits per heavy atom. The van der Waals surface area contributed by atoms with Gasteiger partial charge in [-0.1, -0.05) is 18.2 Å². The number of hydrogen-bond donors (Lipinski definition) is 1. The van der Waals surface area contributed by atoms with Gasteiger partial charge < -0.3 is 15.1 Å². The number of benzene rings is 2. The molecule has 0 spiro atoms. The van der Waals surface area contributed by atoms with Gasteiger partial charge in [0.2, 0.25) is 11.8 Å². The number of amides is 2. The minimum Gasteiger partial charge on any atom is -0.352 e. The molecule has 9 heteroatoms. The fourth-order valence-corrected chi connectivity index (χ4v) is 4.08. The first kappa shape index (κ1) is 22.5. The van der Waals surface area contributed by atoms with Crippen LogP contribution in [0, 0.1) is 10.1 Å². The minimum absolute atomic E-state index is 0.0410. The Bertz CT molecular complexity index is 1100. The second kappa shape index (κ2) is 10.3. The average Bonchev–Trinajstić information content (AvgIpc) is 3.24. The van der Waals surface area contributed by atoms with Gasteiger partial charge in [-0.2, -0.15) is 4.89 Å². The summed E-state index contributed by atoms with van der Waals surface area (Å²) in [5, 5.41) is 14.5. The van der Waals surface area contributed by atoms with Gasteiger partial charge in [0.1, 0.15) is 0 Å². The van der Waals surface area contributed by atoms with E-state index in [4.69, 9.17) is 9.78 Å². The second-order valence-electron chi connectivity index (χ2n) is 7.94. The molecule has 1 N–H and O–H groups in total. The van der Waals surface area contributed by atoms with Crippen LogP contribution in [0.15, 0.2) is 42.5 Å². The molecule has 1 fully saturated rings. The van der Waals surface area contributed by atoms with Crippen molar-refractivity contribution in [1.29, 1.82) is 0 Å². The summed E-state index contributed by atoms with van der Waals surface area (Å²) in [6.07, 6.45) is 5.77. The van der Waals surface area contributed by atoms with Crippen LogP contribution in [-0.4, -0.2) is 47.9 Å². The third kappa shape index (κ3) is 5.38. The number of hydrogen-bond acceptors (Lipinski definition) is 6. The lowest BCUT2D eigenvalue weighted by Crippen LogP contribution is -2.29. The maximum Gasteiger partial charge on any atom is 0.277 e. The van der Waals surface area contributed by atoms with Crippen LogP contribution >= 0.6 is 0 Å². The zero-order valence-corrected chi connectivity index (χ0v) is 18.1. The fourth-order valence-electron chi connectivity index (χ4n) is 4.08. The first-order valence-corrected chi connectivity index (χ1v) is 11.0. The molecule has 33 heavy (non-hydrogen) atoms. The summed E-state index contributed by atoms with van der Waals surface area (Å²) in [7, 11) is 0.